The highest BCUT2D eigenvalue weighted by Gasteiger charge is 2.28. The van der Waals surface area contributed by atoms with Crippen LogP contribution in [0.3, 0.4) is 0 Å². The molecule has 0 fully saturated rings. The SMILES string of the molecule is O=C(O)CCN1C=C(c2c(-c3ccccc3)nn3ccccc23)C=C(C(=O)O)N1O. The summed E-state index contributed by atoms with van der Waals surface area (Å²) >= 11 is 0. The molecular formula is C21H18N4O5. The number of hydrogen-bond donors (Lipinski definition) is 3. The molecule has 0 saturated carbocycles. The van der Waals surface area contributed by atoms with Crippen LogP contribution in [0.25, 0.3) is 22.3 Å². The Morgan fingerprint density at radius 1 is 1.00 bits per heavy atom. The van der Waals surface area contributed by atoms with Gasteiger partial charge in [0.1, 0.15) is 5.69 Å². The summed E-state index contributed by atoms with van der Waals surface area (Å²) in [4.78, 5) is 22.7. The number of hydrazine groups is 1. The summed E-state index contributed by atoms with van der Waals surface area (Å²) in [5.74, 6) is -2.41. The molecule has 30 heavy (non-hydrogen) atoms. The number of fused-ring (bicyclic) bond motifs is 1. The van der Waals surface area contributed by atoms with E-state index >= 15 is 0 Å². The van der Waals surface area contributed by atoms with Crippen LogP contribution >= 0.6 is 0 Å². The van der Waals surface area contributed by atoms with Crippen LogP contribution in [0.1, 0.15) is 12.0 Å². The van der Waals surface area contributed by atoms with Gasteiger partial charge < -0.3 is 10.2 Å². The lowest BCUT2D eigenvalue weighted by Crippen LogP contribution is -2.41. The number of aliphatic carboxylic acids is 2. The van der Waals surface area contributed by atoms with Crippen molar-refractivity contribution in [3.05, 3.63) is 78.3 Å². The first-order valence-corrected chi connectivity index (χ1v) is 9.13. The number of hydrogen-bond acceptors (Lipinski definition) is 6. The number of aromatic nitrogens is 2. The minimum absolute atomic E-state index is 0.111. The first-order valence-electron chi connectivity index (χ1n) is 9.13. The third-order valence-corrected chi connectivity index (χ3v) is 4.69. The summed E-state index contributed by atoms with van der Waals surface area (Å²) in [6.45, 7) is -0.111. The fourth-order valence-corrected chi connectivity index (χ4v) is 3.33. The predicted octanol–water partition coefficient (Wildman–Crippen LogP) is 2.71. The molecule has 1 aromatic carbocycles. The summed E-state index contributed by atoms with van der Waals surface area (Å²) in [5, 5.41) is 35.1. The Bertz CT molecular complexity index is 1180. The Morgan fingerprint density at radius 2 is 1.73 bits per heavy atom. The van der Waals surface area contributed by atoms with Crippen molar-refractivity contribution in [3.63, 3.8) is 0 Å². The number of hydroxylamine groups is 1. The number of benzene rings is 1. The molecule has 2 aromatic heterocycles. The van der Waals surface area contributed by atoms with Gasteiger partial charge in [0.15, 0.2) is 5.70 Å². The minimum atomic E-state index is -1.35. The summed E-state index contributed by atoms with van der Waals surface area (Å²) in [6, 6.07) is 15.0. The number of allylic oxidation sites excluding steroid dienone is 2. The number of nitrogens with zero attached hydrogens (tertiary/aromatic N) is 4. The van der Waals surface area contributed by atoms with Crippen LogP contribution in [0.2, 0.25) is 0 Å². The van der Waals surface area contributed by atoms with Gasteiger partial charge in [-0.3, -0.25) is 15.0 Å². The highest BCUT2D eigenvalue weighted by Crippen LogP contribution is 2.35. The molecule has 0 spiro atoms. The second-order valence-corrected chi connectivity index (χ2v) is 6.64. The molecule has 4 rings (SSSR count). The van der Waals surface area contributed by atoms with E-state index in [0.717, 1.165) is 16.1 Å². The molecular weight excluding hydrogens is 388 g/mol. The maximum atomic E-state index is 11.7. The summed E-state index contributed by atoms with van der Waals surface area (Å²) in [6.07, 6.45) is 4.37. The molecule has 0 bridgehead atoms. The Morgan fingerprint density at radius 3 is 2.43 bits per heavy atom. The summed E-state index contributed by atoms with van der Waals surface area (Å²) < 4.78 is 1.69. The second kappa shape index (κ2) is 7.72. The number of carboxylic acid groups (broad SMARTS) is 2. The monoisotopic (exact) mass is 406 g/mol. The smallest absolute Gasteiger partial charge is 0.356 e. The van der Waals surface area contributed by atoms with E-state index in [0.29, 0.717) is 22.0 Å². The lowest BCUT2D eigenvalue weighted by Gasteiger charge is -2.33. The molecule has 152 valence electrons. The van der Waals surface area contributed by atoms with Crippen LogP contribution in [0.5, 0.6) is 0 Å². The van der Waals surface area contributed by atoms with Crippen LogP contribution in [0.15, 0.2) is 72.7 Å². The van der Waals surface area contributed by atoms with E-state index in [9.17, 15) is 19.9 Å². The molecule has 0 unspecified atom stereocenters. The number of rotatable bonds is 6. The van der Waals surface area contributed by atoms with E-state index in [1.807, 2.05) is 48.5 Å². The number of pyridine rings is 1. The molecule has 9 nitrogen and oxygen atoms in total. The van der Waals surface area contributed by atoms with Crippen molar-refractivity contribution in [1.29, 1.82) is 0 Å². The highest BCUT2D eigenvalue weighted by atomic mass is 16.6. The van der Waals surface area contributed by atoms with Crippen LogP contribution in [0.4, 0.5) is 0 Å². The Balaban J connectivity index is 1.92. The van der Waals surface area contributed by atoms with Gasteiger partial charge in [-0.05, 0) is 18.2 Å². The number of carbonyl (C=O) groups is 2. The van der Waals surface area contributed by atoms with Gasteiger partial charge in [-0.15, -0.1) is 0 Å². The van der Waals surface area contributed by atoms with Crippen LogP contribution in [-0.2, 0) is 9.59 Å². The van der Waals surface area contributed by atoms with Gasteiger partial charge in [0, 0.05) is 29.1 Å². The van der Waals surface area contributed by atoms with Crippen molar-refractivity contribution in [2.75, 3.05) is 6.54 Å². The molecule has 0 aliphatic carbocycles. The van der Waals surface area contributed by atoms with Gasteiger partial charge in [0.05, 0.1) is 18.5 Å². The molecule has 0 radical (unpaired) electrons. The average molecular weight is 406 g/mol. The maximum Gasteiger partial charge on any atom is 0.356 e. The standard InChI is InChI=1S/C21H18N4O5/c26-18(27)9-11-23-13-15(12-17(21(28)29)25(23)30)19-16-8-4-5-10-24(16)22-20(19)14-6-2-1-3-7-14/h1-8,10,12-13,30H,9,11H2,(H,26,27)(H,28,29). The molecule has 0 atom stereocenters. The Kier molecular flexibility index (Phi) is 4.95. The van der Waals surface area contributed by atoms with Crippen molar-refractivity contribution in [3.8, 4) is 11.3 Å². The van der Waals surface area contributed by atoms with Crippen LogP contribution < -0.4 is 0 Å². The highest BCUT2D eigenvalue weighted by molar-refractivity contribution is 5.97. The van der Waals surface area contributed by atoms with E-state index < -0.39 is 17.6 Å². The van der Waals surface area contributed by atoms with E-state index in [4.69, 9.17) is 5.11 Å². The zero-order valence-corrected chi connectivity index (χ0v) is 15.7. The topological polar surface area (TPSA) is 119 Å². The van der Waals surface area contributed by atoms with E-state index in [-0.39, 0.29) is 13.0 Å². The Hall–Kier alpha value is -4.11. The Labute approximate surface area is 170 Å². The van der Waals surface area contributed by atoms with Crippen molar-refractivity contribution in [2.45, 2.75) is 6.42 Å². The third kappa shape index (κ3) is 3.49. The van der Waals surface area contributed by atoms with E-state index in [1.54, 1.807) is 10.7 Å². The van der Waals surface area contributed by atoms with Crippen molar-refractivity contribution in [1.82, 2.24) is 19.8 Å². The van der Waals surface area contributed by atoms with Gasteiger partial charge in [0.2, 0.25) is 0 Å². The first kappa shape index (κ1) is 19.2. The lowest BCUT2D eigenvalue weighted by atomic mass is 9.98. The van der Waals surface area contributed by atoms with Gasteiger partial charge in [-0.2, -0.15) is 10.3 Å². The quantitative estimate of drug-likeness (QED) is 0.572. The van der Waals surface area contributed by atoms with Gasteiger partial charge in [-0.1, -0.05) is 36.4 Å². The van der Waals surface area contributed by atoms with E-state index in [2.05, 4.69) is 5.10 Å². The molecule has 1 aliphatic heterocycles. The predicted molar refractivity (Wildman–Crippen MR) is 107 cm³/mol. The number of carboxylic acids is 2. The van der Waals surface area contributed by atoms with Gasteiger partial charge in [0.25, 0.3) is 0 Å². The van der Waals surface area contributed by atoms with Gasteiger partial charge in [-0.25, -0.2) is 9.31 Å². The summed E-state index contributed by atoms with van der Waals surface area (Å²) in [5.41, 5.74) is 2.99. The van der Waals surface area contributed by atoms with Gasteiger partial charge >= 0.3 is 11.9 Å². The fraction of sp³-hybridized carbons (Fsp3) is 0.0952. The van der Waals surface area contributed by atoms with Crippen molar-refractivity contribution < 1.29 is 25.0 Å². The molecule has 0 amide bonds. The van der Waals surface area contributed by atoms with Crippen molar-refractivity contribution >= 4 is 23.0 Å². The second-order valence-electron chi connectivity index (χ2n) is 6.64. The van der Waals surface area contributed by atoms with E-state index in [1.165, 1.54) is 12.3 Å². The van der Waals surface area contributed by atoms with Crippen LogP contribution in [0, 0.1) is 0 Å². The lowest BCUT2D eigenvalue weighted by molar-refractivity contribution is -0.203. The van der Waals surface area contributed by atoms with Crippen LogP contribution in [-0.4, -0.2) is 53.7 Å². The zero-order valence-electron chi connectivity index (χ0n) is 15.7. The largest absolute Gasteiger partial charge is 0.481 e. The molecule has 0 saturated heterocycles. The molecule has 9 heteroatoms. The summed E-state index contributed by atoms with van der Waals surface area (Å²) in [7, 11) is 0. The molecule has 3 heterocycles. The molecule has 1 aliphatic rings. The molecule has 3 N–H and O–H groups in total. The third-order valence-electron chi connectivity index (χ3n) is 4.69. The first-order chi connectivity index (χ1) is 14.5. The van der Waals surface area contributed by atoms with Crippen molar-refractivity contribution in [2.24, 2.45) is 0 Å². The maximum absolute atomic E-state index is 11.7. The normalized spacial score (nSPS) is 13.9. The fourth-order valence-electron chi connectivity index (χ4n) is 3.33. The molecule has 3 aromatic rings. The zero-order chi connectivity index (χ0) is 21.3. The minimum Gasteiger partial charge on any atom is -0.481 e. The average Bonchev–Trinajstić information content (AvgIpc) is 3.13.